The van der Waals surface area contributed by atoms with Gasteiger partial charge >= 0.3 is 5.97 Å². The first kappa shape index (κ1) is 19.5. The summed E-state index contributed by atoms with van der Waals surface area (Å²) in [4.78, 5) is 20.1. The molecule has 0 spiro atoms. The van der Waals surface area contributed by atoms with Crippen molar-refractivity contribution in [2.24, 2.45) is 4.99 Å². The van der Waals surface area contributed by atoms with Crippen molar-refractivity contribution in [2.75, 3.05) is 20.2 Å². The van der Waals surface area contributed by atoms with Gasteiger partial charge in [-0.15, -0.1) is 0 Å². The number of aliphatic imine (C=N–C) groups is 1. The maximum atomic E-state index is 11.1. The molecular formula is C19H26N4O3. The summed E-state index contributed by atoms with van der Waals surface area (Å²) in [5.41, 5.74) is 1.71. The Labute approximate surface area is 153 Å². The molecule has 0 saturated carbocycles. The number of esters is 1. The lowest BCUT2D eigenvalue weighted by atomic mass is 10.2. The first-order chi connectivity index (χ1) is 12.7. The van der Waals surface area contributed by atoms with Crippen LogP contribution in [0.5, 0.6) is 0 Å². The summed E-state index contributed by atoms with van der Waals surface area (Å²) in [5, 5.41) is 6.44. The molecule has 0 unspecified atom stereocenters. The number of nitrogens with one attached hydrogen (secondary N) is 2. The van der Waals surface area contributed by atoms with E-state index in [1.54, 1.807) is 6.26 Å². The van der Waals surface area contributed by atoms with E-state index in [9.17, 15) is 4.79 Å². The Morgan fingerprint density at radius 1 is 1.23 bits per heavy atom. The highest BCUT2D eigenvalue weighted by Crippen LogP contribution is 2.18. The third-order valence-electron chi connectivity index (χ3n) is 3.64. The molecule has 0 radical (unpaired) electrons. The van der Waals surface area contributed by atoms with Gasteiger partial charge in [-0.3, -0.25) is 4.79 Å². The number of rotatable bonds is 9. The van der Waals surface area contributed by atoms with Crippen LogP contribution >= 0.6 is 0 Å². The summed E-state index contributed by atoms with van der Waals surface area (Å²) < 4.78 is 10.2. The van der Waals surface area contributed by atoms with E-state index >= 15 is 0 Å². The molecule has 0 atom stereocenters. The molecule has 7 heteroatoms. The second-order valence-electron chi connectivity index (χ2n) is 5.67. The first-order valence-electron chi connectivity index (χ1n) is 8.81. The van der Waals surface area contributed by atoms with Crippen molar-refractivity contribution in [2.45, 2.75) is 32.7 Å². The lowest BCUT2D eigenvalue weighted by Crippen LogP contribution is -2.37. The Morgan fingerprint density at radius 3 is 2.77 bits per heavy atom. The summed E-state index contributed by atoms with van der Waals surface area (Å²) >= 11 is 0. The molecule has 0 aliphatic heterocycles. The molecule has 1 aromatic carbocycles. The van der Waals surface area contributed by atoms with Crippen LogP contribution in [0.25, 0.3) is 11.5 Å². The van der Waals surface area contributed by atoms with E-state index in [1.165, 1.54) is 7.11 Å². The number of benzene rings is 1. The molecule has 2 rings (SSSR count). The number of carbonyl (C=O) groups excluding carboxylic acids is 1. The van der Waals surface area contributed by atoms with Crippen LogP contribution in [0.1, 0.15) is 31.9 Å². The van der Waals surface area contributed by atoms with Gasteiger partial charge in [-0.05, 0) is 31.9 Å². The van der Waals surface area contributed by atoms with E-state index in [0.717, 1.165) is 43.1 Å². The van der Waals surface area contributed by atoms with Crippen LogP contribution in [0.4, 0.5) is 0 Å². The highest BCUT2D eigenvalue weighted by molar-refractivity contribution is 5.79. The maximum Gasteiger partial charge on any atom is 0.305 e. The molecule has 0 aliphatic carbocycles. The van der Waals surface area contributed by atoms with E-state index in [1.807, 2.05) is 37.3 Å². The van der Waals surface area contributed by atoms with Crippen LogP contribution in [0.3, 0.4) is 0 Å². The van der Waals surface area contributed by atoms with Gasteiger partial charge in [0.15, 0.2) is 5.96 Å². The Morgan fingerprint density at radius 2 is 2.04 bits per heavy atom. The molecule has 0 fully saturated rings. The number of hydrogen-bond acceptors (Lipinski definition) is 5. The highest BCUT2D eigenvalue weighted by Gasteiger charge is 2.06. The summed E-state index contributed by atoms with van der Waals surface area (Å²) in [6.45, 7) is 3.94. The number of unbranched alkanes of at least 4 members (excludes halogenated alkanes) is 1. The number of oxazole rings is 1. The number of methoxy groups -OCH3 is 1. The third-order valence-corrected chi connectivity index (χ3v) is 3.64. The van der Waals surface area contributed by atoms with Gasteiger partial charge in [0.05, 0.1) is 13.7 Å². The van der Waals surface area contributed by atoms with Crippen LogP contribution in [-0.4, -0.2) is 37.1 Å². The monoisotopic (exact) mass is 358 g/mol. The second-order valence-corrected chi connectivity index (χ2v) is 5.67. The van der Waals surface area contributed by atoms with Gasteiger partial charge in [-0.1, -0.05) is 18.2 Å². The smallest absolute Gasteiger partial charge is 0.305 e. The quantitative estimate of drug-likeness (QED) is 0.310. The van der Waals surface area contributed by atoms with Gasteiger partial charge in [0.25, 0.3) is 0 Å². The minimum atomic E-state index is -0.175. The highest BCUT2D eigenvalue weighted by atomic mass is 16.5. The van der Waals surface area contributed by atoms with Crippen LogP contribution in [0, 0.1) is 0 Å². The van der Waals surface area contributed by atoms with Crippen molar-refractivity contribution in [1.29, 1.82) is 0 Å². The molecule has 26 heavy (non-hydrogen) atoms. The van der Waals surface area contributed by atoms with Gasteiger partial charge in [-0.2, -0.15) is 0 Å². The van der Waals surface area contributed by atoms with E-state index in [4.69, 9.17) is 4.42 Å². The van der Waals surface area contributed by atoms with Gasteiger partial charge in [0.2, 0.25) is 5.89 Å². The van der Waals surface area contributed by atoms with E-state index in [-0.39, 0.29) is 5.97 Å². The summed E-state index contributed by atoms with van der Waals surface area (Å²) in [6, 6.07) is 9.77. The van der Waals surface area contributed by atoms with Crippen molar-refractivity contribution in [3.63, 3.8) is 0 Å². The number of nitrogens with zero attached hydrogens (tertiary/aromatic N) is 2. The minimum absolute atomic E-state index is 0.175. The predicted molar refractivity (Wildman–Crippen MR) is 101 cm³/mol. The number of aromatic nitrogens is 1. The molecule has 2 aromatic rings. The predicted octanol–water partition coefficient (Wildman–Crippen LogP) is 2.74. The van der Waals surface area contributed by atoms with Crippen molar-refractivity contribution in [1.82, 2.24) is 15.6 Å². The molecule has 0 aliphatic rings. The topological polar surface area (TPSA) is 88.8 Å². The fraction of sp³-hybridized carbons (Fsp3) is 0.421. The normalized spacial score (nSPS) is 11.2. The molecule has 0 amide bonds. The molecule has 1 heterocycles. The Hall–Kier alpha value is -2.83. The zero-order chi connectivity index (χ0) is 18.6. The summed E-state index contributed by atoms with van der Waals surface area (Å²) in [7, 11) is 1.41. The first-order valence-corrected chi connectivity index (χ1v) is 8.81. The Balaban J connectivity index is 1.83. The van der Waals surface area contributed by atoms with E-state index in [2.05, 4.69) is 25.3 Å². The zero-order valence-corrected chi connectivity index (χ0v) is 15.3. The Bertz CT molecular complexity index is 698. The number of ether oxygens (including phenoxy) is 1. The fourth-order valence-electron chi connectivity index (χ4n) is 2.30. The standard InChI is InChI=1S/C19H26N4O3/c1-3-20-19(21-12-8-7-11-17(24)25-2)22-13-16-14-26-18(23-16)15-9-5-4-6-10-15/h4-6,9-10,14H,3,7-8,11-13H2,1-2H3,(H2,20,21,22). The average molecular weight is 358 g/mol. The lowest BCUT2D eigenvalue weighted by Gasteiger charge is -2.10. The molecular weight excluding hydrogens is 332 g/mol. The van der Waals surface area contributed by atoms with E-state index in [0.29, 0.717) is 18.9 Å². The largest absolute Gasteiger partial charge is 0.469 e. The van der Waals surface area contributed by atoms with Gasteiger partial charge in [0, 0.05) is 25.1 Å². The lowest BCUT2D eigenvalue weighted by molar-refractivity contribution is -0.140. The second kappa shape index (κ2) is 10.9. The van der Waals surface area contributed by atoms with Gasteiger partial charge in [0.1, 0.15) is 12.0 Å². The number of guanidine groups is 1. The van der Waals surface area contributed by atoms with Crippen LogP contribution in [0.2, 0.25) is 0 Å². The summed E-state index contributed by atoms with van der Waals surface area (Å²) in [5.74, 6) is 1.14. The minimum Gasteiger partial charge on any atom is -0.469 e. The van der Waals surface area contributed by atoms with Crippen LogP contribution < -0.4 is 10.6 Å². The average Bonchev–Trinajstić information content (AvgIpc) is 3.15. The number of carbonyl (C=O) groups is 1. The van der Waals surface area contributed by atoms with Crippen molar-refractivity contribution < 1.29 is 13.9 Å². The SMILES string of the molecule is CCNC(=NCc1coc(-c2ccccc2)n1)NCCCCC(=O)OC. The molecule has 7 nitrogen and oxygen atoms in total. The van der Waals surface area contributed by atoms with Gasteiger partial charge in [-0.25, -0.2) is 9.98 Å². The molecule has 2 N–H and O–H groups in total. The molecule has 0 bridgehead atoms. The van der Waals surface area contributed by atoms with Crippen molar-refractivity contribution in [3.05, 3.63) is 42.3 Å². The Kier molecular flexibility index (Phi) is 8.18. The number of hydrogen-bond donors (Lipinski definition) is 2. The van der Waals surface area contributed by atoms with Crippen molar-refractivity contribution in [3.8, 4) is 11.5 Å². The summed E-state index contributed by atoms with van der Waals surface area (Å²) in [6.07, 6.45) is 3.71. The van der Waals surface area contributed by atoms with E-state index < -0.39 is 0 Å². The maximum absolute atomic E-state index is 11.1. The molecule has 1 aromatic heterocycles. The van der Waals surface area contributed by atoms with Gasteiger partial charge < -0.3 is 19.8 Å². The fourth-order valence-corrected chi connectivity index (χ4v) is 2.30. The third kappa shape index (κ3) is 6.58. The van der Waals surface area contributed by atoms with Crippen LogP contribution in [0.15, 0.2) is 46.0 Å². The molecule has 0 saturated heterocycles. The zero-order valence-electron chi connectivity index (χ0n) is 15.3. The molecule has 140 valence electrons. The van der Waals surface area contributed by atoms with Crippen LogP contribution in [-0.2, 0) is 16.1 Å². The van der Waals surface area contributed by atoms with Crippen molar-refractivity contribution >= 4 is 11.9 Å².